The zero-order valence-corrected chi connectivity index (χ0v) is 11.0. The van der Waals surface area contributed by atoms with Gasteiger partial charge >= 0.3 is 6.36 Å². The number of aromatic amines is 1. The van der Waals surface area contributed by atoms with E-state index in [1.807, 2.05) is 0 Å². The minimum absolute atomic E-state index is 0.0434. The molecule has 1 aliphatic rings. The summed E-state index contributed by atoms with van der Waals surface area (Å²) < 4.78 is 42.3. The number of alkyl halides is 3. The SMILES string of the molecule is O=c1cc(CC2CC2)[nH]n1-c1ccccc1OC(F)(F)F. The predicted molar refractivity (Wildman–Crippen MR) is 69.5 cm³/mol. The Morgan fingerprint density at radius 3 is 2.67 bits per heavy atom. The third-order valence-corrected chi connectivity index (χ3v) is 3.31. The Morgan fingerprint density at radius 1 is 1.29 bits per heavy atom. The number of hydrogen-bond acceptors (Lipinski definition) is 2. The fraction of sp³-hybridized carbons (Fsp3) is 0.357. The molecule has 1 saturated carbocycles. The van der Waals surface area contributed by atoms with E-state index < -0.39 is 17.7 Å². The molecule has 1 aromatic heterocycles. The molecule has 3 rings (SSSR count). The van der Waals surface area contributed by atoms with Crippen LogP contribution < -0.4 is 10.3 Å². The van der Waals surface area contributed by atoms with Crippen LogP contribution in [-0.2, 0) is 6.42 Å². The van der Waals surface area contributed by atoms with E-state index in [0.29, 0.717) is 5.92 Å². The minimum Gasteiger partial charge on any atom is -0.403 e. The van der Waals surface area contributed by atoms with E-state index in [9.17, 15) is 18.0 Å². The molecule has 1 heterocycles. The highest BCUT2D eigenvalue weighted by molar-refractivity contribution is 5.46. The monoisotopic (exact) mass is 298 g/mol. The summed E-state index contributed by atoms with van der Waals surface area (Å²) in [5.74, 6) is 0.157. The Bertz CT molecular complexity index is 699. The maximum absolute atomic E-state index is 12.4. The number of aromatic nitrogens is 2. The van der Waals surface area contributed by atoms with Gasteiger partial charge in [-0.05, 0) is 37.3 Å². The molecule has 0 aliphatic heterocycles. The molecule has 112 valence electrons. The van der Waals surface area contributed by atoms with E-state index in [-0.39, 0.29) is 5.69 Å². The van der Waals surface area contributed by atoms with Crippen LogP contribution in [-0.4, -0.2) is 16.1 Å². The number of benzene rings is 1. The van der Waals surface area contributed by atoms with Gasteiger partial charge in [0, 0.05) is 11.8 Å². The molecular formula is C14H13F3N2O2. The highest BCUT2D eigenvalue weighted by atomic mass is 19.4. The summed E-state index contributed by atoms with van der Waals surface area (Å²) in [6, 6.07) is 6.97. The number of rotatable bonds is 4. The number of hydrogen-bond donors (Lipinski definition) is 1. The highest BCUT2D eigenvalue weighted by Gasteiger charge is 2.32. The fourth-order valence-electron chi connectivity index (χ4n) is 2.21. The summed E-state index contributed by atoms with van der Waals surface area (Å²) in [4.78, 5) is 12.0. The van der Waals surface area contributed by atoms with Crippen LogP contribution in [0.1, 0.15) is 18.5 Å². The predicted octanol–water partition coefficient (Wildman–Crippen LogP) is 3.02. The Hall–Kier alpha value is -2.18. The van der Waals surface area contributed by atoms with Crippen molar-refractivity contribution >= 4 is 0 Å². The molecule has 0 amide bonds. The van der Waals surface area contributed by atoms with Crippen molar-refractivity contribution in [3.8, 4) is 11.4 Å². The first-order chi connectivity index (χ1) is 9.92. The van der Waals surface area contributed by atoms with Crippen molar-refractivity contribution in [1.82, 2.24) is 9.78 Å². The van der Waals surface area contributed by atoms with E-state index in [4.69, 9.17) is 0 Å². The number of nitrogens with zero attached hydrogens (tertiary/aromatic N) is 1. The standard InChI is InChI=1S/C14H13F3N2O2/c15-14(16,17)21-12-4-2-1-3-11(12)19-13(20)8-10(18-19)7-9-5-6-9/h1-4,8-9,18H,5-7H2. The normalized spacial score (nSPS) is 15.2. The second kappa shape index (κ2) is 4.98. The van der Waals surface area contributed by atoms with Crippen LogP contribution in [0.15, 0.2) is 35.1 Å². The van der Waals surface area contributed by atoms with E-state index in [1.54, 1.807) is 6.07 Å². The first-order valence-electron chi connectivity index (χ1n) is 6.58. The average molecular weight is 298 g/mol. The van der Waals surface area contributed by atoms with E-state index in [1.165, 1.54) is 24.3 Å². The third-order valence-electron chi connectivity index (χ3n) is 3.31. The van der Waals surface area contributed by atoms with Crippen molar-refractivity contribution in [2.75, 3.05) is 0 Å². The van der Waals surface area contributed by atoms with E-state index in [2.05, 4.69) is 9.84 Å². The van der Waals surface area contributed by atoms with Crippen LogP contribution in [0.3, 0.4) is 0 Å². The van der Waals surface area contributed by atoms with Crippen LogP contribution in [0.4, 0.5) is 13.2 Å². The highest BCUT2D eigenvalue weighted by Crippen LogP contribution is 2.32. The topological polar surface area (TPSA) is 47.0 Å². The van der Waals surface area contributed by atoms with Crippen LogP contribution in [0.2, 0.25) is 0 Å². The molecule has 0 radical (unpaired) electrons. The lowest BCUT2D eigenvalue weighted by Gasteiger charge is -2.13. The molecule has 21 heavy (non-hydrogen) atoms. The van der Waals surface area contributed by atoms with Crippen molar-refractivity contribution < 1.29 is 17.9 Å². The summed E-state index contributed by atoms with van der Waals surface area (Å²) in [7, 11) is 0. The van der Waals surface area contributed by atoms with Gasteiger partial charge in [0.15, 0.2) is 5.75 Å². The zero-order valence-electron chi connectivity index (χ0n) is 11.0. The Morgan fingerprint density at radius 2 is 2.00 bits per heavy atom. The fourth-order valence-corrected chi connectivity index (χ4v) is 2.21. The maximum atomic E-state index is 12.4. The van der Waals surface area contributed by atoms with Crippen LogP contribution >= 0.6 is 0 Å². The lowest BCUT2D eigenvalue weighted by atomic mass is 10.2. The second-order valence-electron chi connectivity index (χ2n) is 5.12. The number of nitrogens with one attached hydrogen (secondary N) is 1. The van der Waals surface area contributed by atoms with Gasteiger partial charge in [-0.15, -0.1) is 13.2 Å². The number of halogens is 3. The zero-order chi connectivity index (χ0) is 15.0. The van der Waals surface area contributed by atoms with Gasteiger partial charge in [0.2, 0.25) is 0 Å². The summed E-state index contributed by atoms with van der Waals surface area (Å²) in [6.45, 7) is 0. The van der Waals surface area contributed by atoms with Gasteiger partial charge in [0.1, 0.15) is 5.69 Å². The smallest absolute Gasteiger partial charge is 0.403 e. The Labute approximate surface area is 118 Å². The molecule has 0 spiro atoms. The molecule has 2 aromatic rings. The van der Waals surface area contributed by atoms with E-state index in [0.717, 1.165) is 29.6 Å². The van der Waals surface area contributed by atoms with Gasteiger partial charge in [0.25, 0.3) is 5.56 Å². The molecule has 1 N–H and O–H groups in total. The molecule has 0 atom stereocenters. The lowest BCUT2D eigenvalue weighted by molar-refractivity contribution is -0.274. The second-order valence-corrected chi connectivity index (χ2v) is 5.12. The van der Waals surface area contributed by atoms with Gasteiger partial charge < -0.3 is 4.74 Å². The third kappa shape index (κ3) is 3.29. The van der Waals surface area contributed by atoms with Crippen molar-refractivity contribution in [3.63, 3.8) is 0 Å². The summed E-state index contributed by atoms with van der Waals surface area (Å²) >= 11 is 0. The molecule has 7 heteroatoms. The summed E-state index contributed by atoms with van der Waals surface area (Å²) in [5, 5.41) is 2.85. The number of para-hydroxylation sites is 2. The minimum atomic E-state index is -4.80. The van der Waals surface area contributed by atoms with Gasteiger partial charge in [-0.1, -0.05) is 12.1 Å². The molecule has 1 aliphatic carbocycles. The molecule has 0 saturated heterocycles. The number of H-pyrrole nitrogens is 1. The van der Waals surface area contributed by atoms with Crippen LogP contribution in [0, 0.1) is 5.92 Å². The van der Waals surface area contributed by atoms with Gasteiger partial charge in [-0.2, -0.15) is 0 Å². The quantitative estimate of drug-likeness (QED) is 0.943. The molecule has 1 fully saturated rings. The van der Waals surface area contributed by atoms with Crippen molar-refractivity contribution in [3.05, 3.63) is 46.4 Å². The van der Waals surface area contributed by atoms with Gasteiger partial charge in [-0.25, -0.2) is 4.68 Å². The Kier molecular flexibility index (Phi) is 3.27. The molecular weight excluding hydrogens is 285 g/mol. The maximum Gasteiger partial charge on any atom is 0.573 e. The first-order valence-corrected chi connectivity index (χ1v) is 6.58. The largest absolute Gasteiger partial charge is 0.573 e. The van der Waals surface area contributed by atoms with Crippen LogP contribution in [0.5, 0.6) is 5.75 Å². The van der Waals surface area contributed by atoms with Crippen molar-refractivity contribution in [2.45, 2.75) is 25.6 Å². The average Bonchev–Trinajstić information content (AvgIpc) is 3.11. The lowest BCUT2D eigenvalue weighted by Crippen LogP contribution is -2.20. The molecule has 1 aromatic carbocycles. The molecule has 0 bridgehead atoms. The van der Waals surface area contributed by atoms with Crippen LogP contribution in [0.25, 0.3) is 5.69 Å². The molecule has 4 nitrogen and oxygen atoms in total. The van der Waals surface area contributed by atoms with Gasteiger partial charge in [0.05, 0.1) is 0 Å². The van der Waals surface area contributed by atoms with Crippen molar-refractivity contribution in [2.24, 2.45) is 5.92 Å². The summed E-state index contributed by atoms with van der Waals surface area (Å²) in [6.07, 6.45) is -1.81. The van der Waals surface area contributed by atoms with Crippen molar-refractivity contribution in [1.29, 1.82) is 0 Å². The Balaban J connectivity index is 1.96. The summed E-state index contributed by atoms with van der Waals surface area (Å²) in [5.41, 5.74) is 0.370. The van der Waals surface area contributed by atoms with E-state index >= 15 is 0 Å². The number of ether oxygens (including phenoxy) is 1. The first kappa shape index (κ1) is 13.8. The van der Waals surface area contributed by atoms with Gasteiger partial charge in [-0.3, -0.25) is 9.89 Å². The molecule has 0 unspecified atom stereocenters.